The molecular weight excluding hydrogens is 292 g/mol. The number of likely N-dealkylation sites (tertiary alicyclic amines) is 1. The molecule has 0 radical (unpaired) electrons. The minimum atomic E-state index is 0.0190. The number of amides is 1. The zero-order valence-corrected chi connectivity index (χ0v) is 14.1. The van der Waals surface area contributed by atoms with Gasteiger partial charge in [-0.2, -0.15) is 0 Å². The molecule has 23 heavy (non-hydrogen) atoms. The maximum atomic E-state index is 12.5. The van der Waals surface area contributed by atoms with Gasteiger partial charge in [0.25, 0.3) is 0 Å². The molecule has 5 nitrogen and oxygen atoms in total. The van der Waals surface area contributed by atoms with Crippen LogP contribution in [0.1, 0.15) is 18.1 Å². The minimum Gasteiger partial charge on any atom is -0.396 e. The molecule has 1 aliphatic rings. The Balaban J connectivity index is 1.94. The SMILES string of the molecule is CCN(C)C[C@@H]1CN(C(=O)Cc2ccc(CO)cc2)C[C@@H]1CO. The summed E-state index contributed by atoms with van der Waals surface area (Å²) in [6, 6.07) is 7.49. The van der Waals surface area contributed by atoms with E-state index in [2.05, 4.69) is 18.9 Å². The number of aliphatic hydroxyl groups excluding tert-OH is 2. The Bertz CT molecular complexity index is 503. The van der Waals surface area contributed by atoms with Gasteiger partial charge < -0.3 is 20.0 Å². The van der Waals surface area contributed by atoms with Gasteiger partial charge in [-0.15, -0.1) is 0 Å². The molecule has 0 unspecified atom stereocenters. The van der Waals surface area contributed by atoms with E-state index in [1.54, 1.807) is 0 Å². The number of rotatable bonds is 7. The average Bonchev–Trinajstić information content (AvgIpc) is 2.98. The van der Waals surface area contributed by atoms with E-state index in [9.17, 15) is 9.90 Å². The van der Waals surface area contributed by atoms with Gasteiger partial charge in [0.05, 0.1) is 13.0 Å². The highest BCUT2D eigenvalue weighted by atomic mass is 16.3. The predicted molar refractivity (Wildman–Crippen MR) is 89.9 cm³/mol. The summed E-state index contributed by atoms with van der Waals surface area (Å²) in [4.78, 5) is 16.6. The molecule has 2 rings (SSSR count). The monoisotopic (exact) mass is 320 g/mol. The molecule has 1 aromatic carbocycles. The van der Waals surface area contributed by atoms with E-state index >= 15 is 0 Å². The first-order valence-electron chi connectivity index (χ1n) is 8.33. The number of carbonyl (C=O) groups is 1. The lowest BCUT2D eigenvalue weighted by Gasteiger charge is -2.22. The lowest BCUT2D eigenvalue weighted by Crippen LogP contribution is -2.32. The van der Waals surface area contributed by atoms with Crippen LogP contribution in [-0.4, -0.2) is 65.8 Å². The third-order valence-electron chi connectivity index (χ3n) is 4.81. The second-order valence-electron chi connectivity index (χ2n) is 6.51. The topological polar surface area (TPSA) is 64.0 Å². The van der Waals surface area contributed by atoms with Gasteiger partial charge in [-0.1, -0.05) is 31.2 Å². The highest BCUT2D eigenvalue weighted by molar-refractivity contribution is 5.79. The highest BCUT2D eigenvalue weighted by Crippen LogP contribution is 2.24. The van der Waals surface area contributed by atoms with Crippen molar-refractivity contribution in [2.24, 2.45) is 11.8 Å². The van der Waals surface area contributed by atoms with Crippen molar-refractivity contribution in [1.82, 2.24) is 9.80 Å². The van der Waals surface area contributed by atoms with Crippen LogP contribution in [0.15, 0.2) is 24.3 Å². The second kappa shape index (κ2) is 8.43. The number of benzene rings is 1. The van der Waals surface area contributed by atoms with Crippen LogP contribution >= 0.6 is 0 Å². The van der Waals surface area contributed by atoms with Gasteiger partial charge in [0.1, 0.15) is 0 Å². The number of aliphatic hydroxyl groups is 2. The van der Waals surface area contributed by atoms with Gasteiger partial charge in [-0.25, -0.2) is 0 Å². The first-order valence-corrected chi connectivity index (χ1v) is 8.33. The average molecular weight is 320 g/mol. The van der Waals surface area contributed by atoms with E-state index in [-0.39, 0.29) is 25.0 Å². The molecule has 0 aromatic heterocycles. The zero-order chi connectivity index (χ0) is 16.8. The number of carbonyl (C=O) groups excluding carboxylic acids is 1. The quantitative estimate of drug-likeness (QED) is 0.778. The Kier molecular flexibility index (Phi) is 6.57. The molecule has 1 heterocycles. The van der Waals surface area contributed by atoms with E-state index in [4.69, 9.17) is 5.11 Å². The molecule has 1 fully saturated rings. The van der Waals surface area contributed by atoms with Gasteiger partial charge >= 0.3 is 0 Å². The van der Waals surface area contributed by atoms with E-state index in [0.717, 1.165) is 30.8 Å². The molecule has 2 N–H and O–H groups in total. The molecule has 0 saturated carbocycles. The molecule has 1 amide bonds. The summed E-state index contributed by atoms with van der Waals surface area (Å²) >= 11 is 0. The fourth-order valence-electron chi connectivity index (χ4n) is 3.13. The number of hydrogen-bond donors (Lipinski definition) is 2. The number of hydrogen-bond acceptors (Lipinski definition) is 4. The minimum absolute atomic E-state index is 0.0190. The van der Waals surface area contributed by atoms with Crippen molar-refractivity contribution in [3.05, 3.63) is 35.4 Å². The maximum Gasteiger partial charge on any atom is 0.227 e. The van der Waals surface area contributed by atoms with Crippen molar-refractivity contribution in [3.63, 3.8) is 0 Å². The van der Waals surface area contributed by atoms with E-state index in [0.29, 0.717) is 18.9 Å². The van der Waals surface area contributed by atoms with Crippen molar-refractivity contribution in [1.29, 1.82) is 0 Å². The number of nitrogens with zero attached hydrogens (tertiary/aromatic N) is 2. The van der Waals surface area contributed by atoms with Gasteiger partial charge in [0.15, 0.2) is 0 Å². The van der Waals surface area contributed by atoms with Gasteiger partial charge in [-0.3, -0.25) is 4.79 Å². The van der Waals surface area contributed by atoms with Crippen molar-refractivity contribution >= 4 is 5.91 Å². The molecule has 0 spiro atoms. The molecule has 5 heteroatoms. The van der Waals surface area contributed by atoms with Crippen molar-refractivity contribution in [3.8, 4) is 0 Å². The maximum absolute atomic E-state index is 12.5. The Morgan fingerprint density at radius 3 is 2.35 bits per heavy atom. The van der Waals surface area contributed by atoms with E-state index in [1.807, 2.05) is 29.2 Å². The molecule has 0 bridgehead atoms. The third-order valence-corrected chi connectivity index (χ3v) is 4.81. The van der Waals surface area contributed by atoms with Crippen LogP contribution in [-0.2, 0) is 17.8 Å². The third kappa shape index (κ3) is 4.77. The van der Waals surface area contributed by atoms with Crippen molar-refractivity contribution < 1.29 is 15.0 Å². The fraction of sp³-hybridized carbons (Fsp3) is 0.611. The summed E-state index contributed by atoms with van der Waals surface area (Å²) in [5, 5.41) is 18.6. The van der Waals surface area contributed by atoms with Crippen molar-refractivity contribution in [2.45, 2.75) is 20.0 Å². The van der Waals surface area contributed by atoms with E-state index < -0.39 is 0 Å². The van der Waals surface area contributed by atoms with Crippen LogP contribution in [0.5, 0.6) is 0 Å². The molecule has 128 valence electrons. The summed E-state index contributed by atoms with van der Waals surface area (Å²) < 4.78 is 0. The Morgan fingerprint density at radius 2 is 1.78 bits per heavy atom. The zero-order valence-electron chi connectivity index (χ0n) is 14.1. The normalized spacial score (nSPS) is 21.2. The summed E-state index contributed by atoms with van der Waals surface area (Å²) in [7, 11) is 2.07. The molecule has 1 aliphatic heterocycles. The molecule has 0 aliphatic carbocycles. The van der Waals surface area contributed by atoms with Gasteiger partial charge in [-0.05, 0) is 30.6 Å². The van der Waals surface area contributed by atoms with Crippen LogP contribution in [0.3, 0.4) is 0 Å². The summed E-state index contributed by atoms with van der Waals surface area (Å²) in [5.74, 6) is 0.622. The first kappa shape index (κ1) is 17.9. The van der Waals surface area contributed by atoms with Crippen LogP contribution in [0.25, 0.3) is 0 Å². The largest absolute Gasteiger partial charge is 0.396 e. The Hall–Kier alpha value is -1.43. The van der Waals surface area contributed by atoms with Crippen LogP contribution < -0.4 is 0 Å². The van der Waals surface area contributed by atoms with Crippen LogP contribution in [0, 0.1) is 11.8 Å². The lowest BCUT2D eigenvalue weighted by atomic mass is 9.96. The summed E-state index contributed by atoms with van der Waals surface area (Å²) in [5.41, 5.74) is 1.81. The molecular formula is C18H28N2O3. The summed E-state index contributed by atoms with van der Waals surface area (Å²) in [6.07, 6.45) is 0.375. The van der Waals surface area contributed by atoms with Crippen LogP contribution in [0.4, 0.5) is 0 Å². The van der Waals surface area contributed by atoms with Crippen LogP contribution in [0.2, 0.25) is 0 Å². The smallest absolute Gasteiger partial charge is 0.227 e. The molecule has 2 atom stereocenters. The Morgan fingerprint density at radius 1 is 1.17 bits per heavy atom. The molecule has 1 saturated heterocycles. The van der Waals surface area contributed by atoms with Gasteiger partial charge in [0.2, 0.25) is 5.91 Å². The standard InChI is InChI=1S/C18H28N2O3/c1-3-19(2)9-16-10-20(11-17(16)13-22)18(23)8-14-4-6-15(12-21)7-5-14/h4-7,16-17,21-22H,3,8-13H2,1-2H3/t16-,17-/m1/s1. The van der Waals surface area contributed by atoms with E-state index in [1.165, 1.54) is 0 Å². The van der Waals surface area contributed by atoms with Gasteiger partial charge in [0, 0.05) is 32.2 Å². The predicted octanol–water partition coefficient (Wildman–Crippen LogP) is 0.740. The lowest BCUT2D eigenvalue weighted by molar-refractivity contribution is -0.129. The van der Waals surface area contributed by atoms with Crippen molar-refractivity contribution in [2.75, 3.05) is 39.8 Å². The highest BCUT2D eigenvalue weighted by Gasteiger charge is 2.34. The summed E-state index contributed by atoms with van der Waals surface area (Å²) in [6.45, 7) is 5.52. The Labute approximate surface area is 138 Å². The second-order valence-corrected chi connectivity index (χ2v) is 6.51. The fourth-order valence-corrected chi connectivity index (χ4v) is 3.13. The first-order chi connectivity index (χ1) is 11.1. The molecule has 1 aromatic rings.